The minimum absolute atomic E-state index is 0.301. The van der Waals surface area contributed by atoms with Crippen LogP contribution in [-0.4, -0.2) is 28.1 Å². The van der Waals surface area contributed by atoms with E-state index in [1.54, 1.807) is 25.1 Å². The quantitative estimate of drug-likeness (QED) is 0.852. The van der Waals surface area contributed by atoms with E-state index >= 15 is 0 Å². The van der Waals surface area contributed by atoms with E-state index in [0.29, 0.717) is 27.2 Å². The Kier molecular flexibility index (Phi) is 4.80. The van der Waals surface area contributed by atoms with Crippen LogP contribution in [0.2, 0.25) is 0 Å². The van der Waals surface area contributed by atoms with E-state index in [4.69, 9.17) is 4.74 Å². The van der Waals surface area contributed by atoms with Gasteiger partial charge in [-0.25, -0.2) is 4.79 Å². The first-order valence-corrected chi connectivity index (χ1v) is 7.24. The third kappa shape index (κ3) is 3.40. The van der Waals surface area contributed by atoms with Gasteiger partial charge in [0.2, 0.25) is 0 Å². The number of halogens is 1. The lowest BCUT2D eigenvalue weighted by molar-refractivity contribution is 0.0526. The number of nitrogens with zero attached hydrogens (tertiary/aromatic N) is 2. The number of carbonyl (C=O) groups is 2. The molecule has 104 valence electrons. The Morgan fingerprint density at radius 2 is 2.25 bits per heavy atom. The van der Waals surface area contributed by atoms with Gasteiger partial charge in [-0.05, 0) is 52.6 Å². The van der Waals surface area contributed by atoms with Gasteiger partial charge in [0.15, 0.2) is 0 Å². The first kappa shape index (κ1) is 14.6. The highest BCUT2D eigenvalue weighted by molar-refractivity contribution is 9.10. The molecule has 0 saturated carbocycles. The lowest BCUT2D eigenvalue weighted by atomic mass is 10.2. The highest BCUT2D eigenvalue weighted by Gasteiger charge is 2.13. The van der Waals surface area contributed by atoms with Gasteiger partial charge in [-0.15, -0.1) is 5.10 Å². The van der Waals surface area contributed by atoms with Crippen LogP contribution in [0.3, 0.4) is 0 Å². The standard InChI is InChI=1S/C12H10BrN3O3S/c1-2-19-12(18)7-3-4-9(8(13)5-7)15-11(17)10-6-14-16-20-10/h3-6H,2H2,1H3,(H,15,17). The van der Waals surface area contributed by atoms with Crippen LogP contribution in [-0.2, 0) is 4.74 Å². The molecule has 1 N–H and O–H groups in total. The first-order chi connectivity index (χ1) is 9.61. The second-order valence-electron chi connectivity index (χ2n) is 3.65. The maximum atomic E-state index is 11.9. The van der Waals surface area contributed by atoms with Gasteiger partial charge >= 0.3 is 5.97 Å². The summed E-state index contributed by atoms with van der Waals surface area (Å²) in [6, 6.07) is 4.81. The number of rotatable bonds is 4. The topological polar surface area (TPSA) is 81.2 Å². The zero-order chi connectivity index (χ0) is 14.5. The molecule has 1 amide bonds. The number of aromatic nitrogens is 2. The summed E-state index contributed by atoms with van der Waals surface area (Å²) >= 11 is 4.32. The predicted molar refractivity (Wildman–Crippen MR) is 78.0 cm³/mol. The van der Waals surface area contributed by atoms with Crippen molar-refractivity contribution < 1.29 is 14.3 Å². The Bertz CT molecular complexity index is 631. The minimum Gasteiger partial charge on any atom is -0.462 e. The average Bonchev–Trinajstić information content (AvgIpc) is 2.95. The Hall–Kier alpha value is -1.80. The summed E-state index contributed by atoms with van der Waals surface area (Å²) in [6.07, 6.45) is 1.39. The molecule has 0 spiro atoms. The molecule has 0 radical (unpaired) electrons. The second kappa shape index (κ2) is 6.58. The molecule has 0 bridgehead atoms. The molecule has 20 heavy (non-hydrogen) atoms. The molecule has 6 nitrogen and oxygen atoms in total. The van der Waals surface area contributed by atoms with E-state index in [-0.39, 0.29) is 5.91 Å². The van der Waals surface area contributed by atoms with Crippen molar-refractivity contribution in [2.24, 2.45) is 0 Å². The average molecular weight is 356 g/mol. The molecule has 0 aliphatic rings. The smallest absolute Gasteiger partial charge is 0.338 e. The molecule has 2 rings (SSSR count). The number of benzene rings is 1. The number of nitrogens with one attached hydrogen (secondary N) is 1. The van der Waals surface area contributed by atoms with Gasteiger partial charge in [-0.2, -0.15) is 0 Å². The number of esters is 1. The van der Waals surface area contributed by atoms with Gasteiger partial charge in [-0.3, -0.25) is 4.79 Å². The third-order valence-electron chi connectivity index (χ3n) is 2.31. The fraction of sp³-hybridized carbons (Fsp3) is 0.167. The number of hydrogen-bond donors (Lipinski definition) is 1. The van der Waals surface area contributed by atoms with Gasteiger partial charge in [0, 0.05) is 4.47 Å². The van der Waals surface area contributed by atoms with Crippen LogP contribution in [0.5, 0.6) is 0 Å². The van der Waals surface area contributed by atoms with E-state index in [2.05, 4.69) is 30.8 Å². The molecule has 1 aromatic heterocycles. The van der Waals surface area contributed by atoms with Gasteiger partial charge in [-0.1, -0.05) is 4.49 Å². The van der Waals surface area contributed by atoms with Gasteiger partial charge in [0.05, 0.1) is 24.1 Å². The molecule has 0 unspecified atom stereocenters. The first-order valence-electron chi connectivity index (χ1n) is 5.67. The van der Waals surface area contributed by atoms with Crippen LogP contribution in [0.4, 0.5) is 5.69 Å². The lowest BCUT2D eigenvalue weighted by Crippen LogP contribution is -2.11. The van der Waals surface area contributed by atoms with Crippen molar-refractivity contribution in [1.82, 2.24) is 9.59 Å². The number of anilines is 1. The van der Waals surface area contributed by atoms with Crippen LogP contribution in [0.15, 0.2) is 28.9 Å². The van der Waals surface area contributed by atoms with Crippen LogP contribution >= 0.6 is 27.5 Å². The summed E-state index contributed by atoms with van der Waals surface area (Å²) in [7, 11) is 0. The molecule has 0 aliphatic carbocycles. The second-order valence-corrected chi connectivity index (χ2v) is 5.29. The minimum atomic E-state index is -0.405. The Morgan fingerprint density at radius 1 is 1.45 bits per heavy atom. The lowest BCUT2D eigenvalue weighted by Gasteiger charge is -2.08. The molecule has 0 fully saturated rings. The molecule has 0 atom stereocenters. The number of carbonyl (C=O) groups excluding carboxylic acids is 2. The molecule has 2 aromatic rings. The number of amides is 1. The SMILES string of the molecule is CCOC(=O)c1ccc(NC(=O)c2cnns2)c(Br)c1. The van der Waals surface area contributed by atoms with Crippen molar-refractivity contribution in [2.75, 3.05) is 11.9 Å². The summed E-state index contributed by atoms with van der Waals surface area (Å²) in [5, 5.41) is 6.30. The normalized spacial score (nSPS) is 10.1. The maximum Gasteiger partial charge on any atom is 0.338 e. The molecule has 1 aromatic carbocycles. The van der Waals surface area contributed by atoms with E-state index < -0.39 is 5.97 Å². The van der Waals surface area contributed by atoms with E-state index in [1.807, 2.05) is 0 Å². The molecule has 0 saturated heterocycles. The fourth-order valence-corrected chi connectivity index (χ4v) is 2.30. The maximum absolute atomic E-state index is 11.9. The molecule has 0 aliphatic heterocycles. The Balaban J connectivity index is 2.14. The van der Waals surface area contributed by atoms with E-state index in [1.165, 1.54) is 6.20 Å². The summed E-state index contributed by atoms with van der Waals surface area (Å²) < 4.78 is 9.12. The van der Waals surface area contributed by atoms with Crippen molar-refractivity contribution >= 4 is 45.0 Å². The fourth-order valence-electron chi connectivity index (χ4n) is 1.41. The summed E-state index contributed by atoms with van der Waals surface area (Å²) in [6.45, 7) is 2.05. The van der Waals surface area contributed by atoms with Crippen molar-refractivity contribution in [3.8, 4) is 0 Å². The molecule has 1 heterocycles. The van der Waals surface area contributed by atoms with Gasteiger partial charge in [0.25, 0.3) is 5.91 Å². The molecular formula is C12H10BrN3O3S. The predicted octanol–water partition coefficient (Wildman–Crippen LogP) is 2.73. The van der Waals surface area contributed by atoms with E-state index in [0.717, 1.165) is 11.5 Å². The van der Waals surface area contributed by atoms with Crippen molar-refractivity contribution in [2.45, 2.75) is 6.92 Å². The van der Waals surface area contributed by atoms with Crippen LogP contribution in [0, 0.1) is 0 Å². The van der Waals surface area contributed by atoms with Gasteiger partial charge in [0.1, 0.15) is 4.88 Å². The van der Waals surface area contributed by atoms with Crippen molar-refractivity contribution in [1.29, 1.82) is 0 Å². The summed E-state index contributed by atoms with van der Waals surface area (Å²) in [5.41, 5.74) is 0.965. The van der Waals surface area contributed by atoms with Gasteiger partial charge < -0.3 is 10.1 Å². The zero-order valence-electron chi connectivity index (χ0n) is 10.4. The highest BCUT2D eigenvalue weighted by Crippen LogP contribution is 2.24. The number of hydrogen-bond acceptors (Lipinski definition) is 6. The summed E-state index contributed by atoms with van der Waals surface area (Å²) in [4.78, 5) is 23.8. The monoisotopic (exact) mass is 355 g/mol. The highest BCUT2D eigenvalue weighted by atomic mass is 79.9. The largest absolute Gasteiger partial charge is 0.462 e. The zero-order valence-corrected chi connectivity index (χ0v) is 12.8. The van der Waals surface area contributed by atoms with Crippen molar-refractivity contribution in [3.05, 3.63) is 39.3 Å². The van der Waals surface area contributed by atoms with Crippen LogP contribution < -0.4 is 5.32 Å². The van der Waals surface area contributed by atoms with Crippen LogP contribution in [0.25, 0.3) is 0 Å². The van der Waals surface area contributed by atoms with E-state index in [9.17, 15) is 9.59 Å². The number of ether oxygens (including phenoxy) is 1. The Morgan fingerprint density at radius 3 is 2.85 bits per heavy atom. The summed E-state index contributed by atoms with van der Waals surface area (Å²) in [5.74, 6) is -0.706. The van der Waals surface area contributed by atoms with Crippen molar-refractivity contribution in [3.63, 3.8) is 0 Å². The Labute approximate surface area is 127 Å². The third-order valence-corrected chi connectivity index (χ3v) is 3.63. The molecule has 8 heteroatoms. The van der Waals surface area contributed by atoms with Crippen LogP contribution in [0.1, 0.15) is 27.0 Å². The molecular weight excluding hydrogens is 346 g/mol.